The number of fused-ring (bicyclic) bond motifs is 1. The Hall–Kier alpha value is -2.74. The number of ether oxygens (including phenoxy) is 2. The second kappa shape index (κ2) is 10.0. The molecule has 13 heteroatoms. The molecular formula is C18H30N8O5. The van der Waals surface area contributed by atoms with Crippen molar-refractivity contribution in [1.29, 1.82) is 0 Å². The number of aliphatic hydroxyl groups is 2. The number of nitrogens with one attached hydrogen (secondary N) is 1. The molecule has 31 heavy (non-hydrogen) atoms. The molecule has 2 aromatic rings. The highest BCUT2D eigenvalue weighted by molar-refractivity contribution is 5.84. The average Bonchev–Trinajstić information content (AvgIpc) is 3.25. The van der Waals surface area contributed by atoms with Crippen LogP contribution in [0.3, 0.4) is 0 Å². The molecule has 2 aromatic heterocycles. The number of hydrogen-bond donors (Lipinski definition) is 4. The van der Waals surface area contributed by atoms with Crippen molar-refractivity contribution in [3.05, 3.63) is 6.33 Å². The van der Waals surface area contributed by atoms with Gasteiger partial charge in [-0.15, -0.1) is 0 Å². The molecule has 5 N–H and O–H groups in total. The number of aliphatic hydroxyl groups excluding tert-OH is 2. The Balaban J connectivity index is 1.66. The van der Waals surface area contributed by atoms with Gasteiger partial charge in [0, 0.05) is 27.1 Å². The number of anilines is 2. The first-order valence-electron chi connectivity index (χ1n) is 10.0. The molecule has 0 aromatic carbocycles. The van der Waals surface area contributed by atoms with Crippen molar-refractivity contribution in [3.63, 3.8) is 0 Å². The number of nitrogen functional groups attached to an aromatic ring is 1. The average molecular weight is 438 g/mol. The number of imidazole rings is 1. The Morgan fingerprint density at radius 2 is 2.16 bits per heavy atom. The Kier molecular flexibility index (Phi) is 7.43. The van der Waals surface area contributed by atoms with Crippen LogP contribution in [0.4, 0.5) is 11.8 Å². The largest absolute Gasteiger partial charge is 0.479 e. The van der Waals surface area contributed by atoms with E-state index in [1.54, 1.807) is 18.5 Å². The zero-order chi connectivity index (χ0) is 22.5. The normalized spacial score (nSPS) is 24.2. The van der Waals surface area contributed by atoms with Crippen LogP contribution < -0.4 is 11.1 Å². The first-order valence-corrected chi connectivity index (χ1v) is 10.0. The highest BCUT2D eigenvalue weighted by atomic mass is 16.6. The standard InChI is InChI=1S/C18H30N8O5/c1-5-29-10(2)24-30-7-6-25(4)8-11-13(27)14(28)17(31-11)26-16-12(23-18(26)20-3)15(19)21-9-22-16/h9,11,13-14,17,27-28H,5-8H2,1-4H3,(H,20,23)(H2,19,21,22)/t11-,13?,14?,17-/m1/s1. The van der Waals surface area contributed by atoms with Gasteiger partial charge < -0.3 is 40.5 Å². The third-order valence-electron chi connectivity index (χ3n) is 4.92. The van der Waals surface area contributed by atoms with E-state index >= 15 is 0 Å². The van der Waals surface area contributed by atoms with Crippen LogP contribution in [0, 0.1) is 0 Å². The molecule has 1 saturated heterocycles. The Labute approximate surface area is 179 Å². The summed E-state index contributed by atoms with van der Waals surface area (Å²) >= 11 is 0. The molecule has 2 unspecified atom stereocenters. The summed E-state index contributed by atoms with van der Waals surface area (Å²) in [6.45, 7) is 5.35. The second-order valence-corrected chi connectivity index (χ2v) is 7.17. The van der Waals surface area contributed by atoms with Gasteiger partial charge in [0.2, 0.25) is 11.8 Å². The van der Waals surface area contributed by atoms with Gasteiger partial charge in [-0.05, 0) is 14.0 Å². The van der Waals surface area contributed by atoms with Crippen molar-refractivity contribution in [2.75, 3.05) is 51.4 Å². The van der Waals surface area contributed by atoms with Crippen LogP contribution in [0.15, 0.2) is 11.5 Å². The van der Waals surface area contributed by atoms with Crippen LogP contribution in [0.5, 0.6) is 0 Å². The molecule has 4 atom stereocenters. The van der Waals surface area contributed by atoms with Crippen LogP contribution in [0.2, 0.25) is 0 Å². The minimum atomic E-state index is -1.19. The lowest BCUT2D eigenvalue weighted by Gasteiger charge is -2.22. The van der Waals surface area contributed by atoms with E-state index in [1.165, 1.54) is 6.33 Å². The monoisotopic (exact) mass is 438 g/mol. The van der Waals surface area contributed by atoms with E-state index in [4.69, 9.17) is 20.0 Å². The third-order valence-corrected chi connectivity index (χ3v) is 4.92. The number of rotatable bonds is 9. The molecule has 13 nitrogen and oxygen atoms in total. The number of likely N-dealkylation sites (N-methyl/N-ethyl adjacent to an activating group) is 1. The van der Waals surface area contributed by atoms with Gasteiger partial charge >= 0.3 is 0 Å². The molecule has 0 radical (unpaired) electrons. The third kappa shape index (κ3) is 4.95. The van der Waals surface area contributed by atoms with Gasteiger partial charge in [-0.2, -0.15) is 0 Å². The molecule has 1 aliphatic heterocycles. The van der Waals surface area contributed by atoms with Gasteiger partial charge in [-0.1, -0.05) is 5.16 Å². The van der Waals surface area contributed by atoms with Gasteiger partial charge in [-0.3, -0.25) is 4.57 Å². The summed E-state index contributed by atoms with van der Waals surface area (Å²) in [5.41, 5.74) is 6.69. The molecule has 0 bridgehead atoms. The topological polar surface area (TPSA) is 165 Å². The van der Waals surface area contributed by atoms with E-state index in [0.29, 0.717) is 49.3 Å². The van der Waals surface area contributed by atoms with E-state index in [9.17, 15) is 10.2 Å². The first kappa shape index (κ1) is 22.9. The van der Waals surface area contributed by atoms with E-state index in [-0.39, 0.29) is 5.82 Å². The van der Waals surface area contributed by atoms with Crippen LogP contribution in [-0.4, -0.2) is 99.2 Å². The number of nitrogens with two attached hydrogens (primary N) is 1. The molecule has 1 fully saturated rings. The first-order chi connectivity index (χ1) is 14.9. The molecule has 0 saturated carbocycles. The lowest BCUT2D eigenvalue weighted by Crippen LogP contribution is -2.39. The van der Waals surface area contributed by atoms with E-state index in [1.807, 2.05) is 18.9 Å². The van der Waals surface area contributed by atoms with Crippen LogP contribution in [0.25, 0.3) is 11.2 Å². The SMILES string of the molecule is CCOC(C)=NOCCN(C)C[C@H]1O[C@@H](n2c(NC)nc3c(N)ncnc32)C(O)C1O. The zero-order valence-electron chi connectivity index (χ0n) is 18.1. The van der Waals surface area contributed by atoms with E-state index in [0.717, 1.165) is 0 Å². The Morgan fingerprint density at radius 3 is 2.87 bits per heavy atom. The summed E-state index contributed by atoms with van der Waals surface area (Å²) in [4.78, 5) is 19.7. The van der Waals surface area contributed by atoms with E-state index in [2.05, 4.69) is 25.4 Å². The lowest BCUT2D eigenvalue weighted by molar-refractivity contribution is -0.0425. The van der Waals surface area contributed by atoms with Gasteiger partial charge in [0.25, 0.3) is 0 Å². The minimum Gasteiger partial charge on any atom is -0.479 e. The summed E-state index contributed by atoms with van der Waals surface area (Å²) < 4.78 is 12.8. The van der Waals surface area contributed by atoms with Gasteiger partial charge in [0.1, 0.15) is 31.2 Å². The molecule has 0 aliphatic carbocycles. The fraction of sp³-hybridized carbons (Fsp3) is 0.667. The van der Waals surface area contributed by atoms with Crippen LogP contribution in [0.1, 0.15) is 20.1 Å². The summed E-state index contributed by atoms with van der Waals surface area (Å²) in [6.07, 6.45) is -2.51. The Bertz CT molecular complexity index is 906. The maximum atomic E-state index is 10.7. The quantitative estimate of drug-likeness (QED) is 0.171. The number of hydrogen-bond acceptors (Lipinski definition) is 12. The zero-order valence-corrected chi connectivity index (χ0v) is 18.1. The summed E-state index contributed by atoms with van der Waals surface area (Å²) in [5.74, 6) is 1.07. The van der Waals surface area contributed by atoms with Gasteiger partial charge in [-0.25, -0.2) is 15.0 Å². The summed E-state index contributed by atoms with van der Waals surface area (Å²) in [6, 6.07) is 0. The summed E-state index contributed by atoms with van der Waals surface area (Å²) in [5, 5.41) is 28.1. The van der Waals surface area contributed by atoms with Crippen molar-refractivity contribution in [1.82, 2.24) is 24.4 Å². The lowest BCUT2D eigenvalue weighted by atomic mass is 10.1. The van der Waals surface area contributed by atoms with Crippen molar-refractivity contribution in [2.24, 2.45) is 5.16 Å². The maximum Gasteiger partial charge on any atom is 0.222 e. The molecule has 0 spiro atoms. The molecule has 172 valence electrons. The highest BCUT2D eigenvalue weighted by Gasteiger charge is 2.45. The van der Waals surface area contributed by atoms with Crippen molar-refractivity contribution in [2.45, 2.75) is 38.4 Å². The number of aromatic nitrogens is 4. The molecule has 3 heterocycles. The second-order valence-electron chi connectivity index (χ2n) is 7.17. The molecule has 1 aliphatic rings. The van der Waals surface area contributed by atoms with Gasteiger partial charge in [0.15, 0.2) is 23.2 Å². The van der Waals surface area contributed by atoms with E-state index < -0.39 is 24.5 Å². The predicted molar refractivity (Wildman–Crippen MR) is 113 cm³/mol. The Morgan fingerprint density at radius 1 is 1.39 bits per heavy atom. The number of nitrogens with zero attached hydrogens (tertiary/aromatic N) is 6. The van der Waals surface area contributed by atoms with Gasteiger partial charge in [0.05, 0.1) is 6.61 Å². The summed E-state index contributed by atoms with van der Waals surface area (Å²) in [7, 11) is 3.54. The van der Waals surface area contributed by atoms with Crippen molar-refractivity contribution >= 4 is 28.8 Å². The van der Waals surface area contributed by atoms with Crippen molar-refractivity contribution < 1.29 is 24.5 Å². The molecular weight excluding hydrogens is 408 g/mol. The molecule has 0 amide bonds. The smallest absolute Gasteiger partial charge is 0.222 e. The predicted octanol–water partition coefficient (Wildman–Crippen LogP) is -0.612. The number of oxime groups is 1. The maximum absolute atomic E-state index is 10.7. The van der Waals surface area contributed by atoms with Crippen LogP contribution in [-0.2, 0) is 14.3 Å². The van der Waals surface area contributed by atoms with Crippen LogP contribution >= 0.6 is 0 Å². The molecule has 3 rings (SSSR count). The fourth-order valence-corrected chi connectivity index (χ4v) is 3.40. The highest BCUT2D eigenvalue weighted by Crippen LogP contribution is 2.35. The van der Waals surface area contributed by atoms with Crippen molar-refractivity contribution in [3.8, 4) is 0 Å². The fourth-order valence-electron chi connectivity index (χ4n) is 3.40. The minimum absolute atomic E-state index is 0.215.